The van der Waals surface area contributed by atoms with Gasteiger partial charge in [0.1, 0.15) is 5.75 Å². The van der Waals surface area contributed by atoms with Crippen molar-refractivity contribution < 1.29 is 14.6 Å². The van der Waals surface area contributed by atoms with Crippen LogP contribution in [0, 0.1) is 3.57 Å². The molecule has 0 amide bonds. The number of hydrogen-bond acceptors (Lipinski definition) is 6. The Morgan fingerprint density at radius 1 is 1.23 bits per heavy atom. The van der Waals surface area contributed by atoms with Gasteiger partial charge in [0.25, 0.3) is 5.56 Å². The van der Waals surface area contributed by atoms with Crippen LogP contribution in [0.4, 0.5) is 0 Å². The largest absolute Gasteiger partial charge is 0.508 e. The maximum Gasteiger partial charge on any atom is 0.338 e. The number of phenolic OH excluding ortho intramolecular Hbond substituents is 1. The van der Waals surface area contributed by atoms with E-state index in [0.29, 0.717) is 26.2 Å². The Morgan fingerprint density at radius 3 is 2.55 bits per heavy atom. The van der Waals surface area contributed by atoms with Crippen molar-refractivity contribution in [1.82, 2.24) is 4.57 Å². The molecular weight excluding hydrogens is 527 g/mol. The summed E-state index contributed by atoms with van der Waals surface area (Å²) in [7, 11) is 0. The van der Waals surface area contributed by atoms with Crippen LogP contribution in [-0.2, 0) is 9.53 Å². The molecule has 2 heterocycles. The van der Waals surface area contributed by atoms with Crippen molar-refractivity contribution in [3.05, 3.63) is 94.2 Å². The van der Waals surface area contributed by atoms with Crippen molar-refractivity contribution >= 4 is 46.0 Å². The predicted molar refractivity (Wildman–Crippen MR) is 128 cm³/mol. The van der Waals surface area contributed by atoms with Gasteiger partial charge in [0.2, 0.25) is 0 Å². The number of phenols is 1. The normalized spacial score (nSPS) is 16.1. The lowest BCUT2D eigenvalue weighted by Gasteiger charge is -2.24. The van der Waals surface area contributed by atoms with Crippen molar-refractivity contribution in [2.24, 2.45) is 4.99 Å². The van der Waals surface area contributed by atoms with Gasteiger partial charge in [-0.1, -0.05) is 35.6 Å². The summed E-state index contributed by atoms with van der Waals surface area (Å²) in [5.74, 6) is -0.401. The van der Waals surface area contributed by atoms with E-state index < -0.39 is 12.0 Å². The smallest absolute Gasteiger partial charge is 0.338 e. The third kappa shape index (κ3) is 4.22. The van der Waals surface area contributed by atoms with Crippen LogP contribution >= 0.6 is 33.9 Å². The highest BCUT2D eigenvalue weighted by atomic mass is 127. The first-order chi connectivity index (χ1) is 14.9. The molecule has 4 rings (SSSR count). The number of thiazole rings is 1. The number of fused-ring (bicyclic) bond motifs is 1. The van der Waals surface area contributed by atoms with Gasteiger partial charge in [0.15, 0.2) is 4.80 Å². The molecule has 0 saturated heterocycles. The lowest BCUT2D eigenvalue weighted by Crippen LogP contribution is -2.39. The Labute approximate surface area is 196 Å². The van der Waals surface area contributed by atoms with Crippen LogP contribution in [0.3, 0.4) is 0 Å². The van der Waals surface area contributed by atoms with E-state index in [-0.39, 0.29) is 17.9 Å². The SMILES string of the molecule is CCOC(=O)C1=C(C)N=c2sc(=Cc3ccc(I)cc3)c(=O)n2[C@@H]1c1ccc(O)cc1. The number of rotatable bonds is 4. The van der Waals surface area contributed by atoms with Crippen molar-refractivity contribution in [2.45, 2.75) is 19.9 Å². The summed E-state index contributed by atoms with van der Waals surface area (Å²) in [5.41, 5.74) is 2.21. The summed E-state index contributed by atoms with van der Waals surface area (Å²) in [6.07, 6.45) is 1.83. The zero-order chi connectivity index (χ0) is 22.1. The molecule has 6 nitrogen and oxygen atoms in total. The van der Waals surface area contributed by atoms with E-state index >= 15 is 0 Å². The fourth-order valence-electron chi connectivity index (χ4n) is 3.47. The van der Waals surface area contributed by atoms with Crippen LogP contribution in [0.2, 0.25) is 0 Å². The highest BCUT2D eigenvalue weighted by Gasteiger charge is 2.33. The Hall–Kier alpha value is -2.72. The molecule has 3 aromatic rings. The summed E-state index contributed by atoms with van der Waals surface area (Å²) in [4.78, 5) is 31.3. The van der Waals surface area contributed by atoms with E-state index in [9.17, 15) is 14.7 Å². The Kier molecular flexibility index (Phi) is 6.10. The molecule has 2 aromatic carbocycles. The third-order valence-electron chi connectivity index (χ3n) is 4.89. The van der Waals surface area contributed by atoms with E-state index in [4.69, 9.17) is 4.74 Å². The molecule has 1 atom stereocenters. The predicted octanol–water partition coefficient (Wildman–Crippen LogP) is 3.11. The topological polar surface area (TPSA) is 80.9 Å². The third-order valence-corrected chi connectivity index (χ3v) is 6.60. The molecule has 158 valence electrons. The fraction of sp³-hybridized carbons (Fsp3) is 0.174. The minimum atomic E-state index is -0.685. The molecular formula is C23H19IN2O4S. The molecule has 1 N–H and O–H groups in total. The standard InChI is InChI=1S/C23H19IN2O4S/c1-3-30-22(29)19-13(2)25-23-26(20(19)15-6-10-17(27)11-7-15)21(28)18(31-23)12-14-4-8-16(24)9-5-14/h4-12,20,27H,3H2,1-2H3/t20-/m1/s1. The van der Waals surface area contributed by atoms with Gasteiger partial charge >= 0.3 is 5.97 Å². The first kappa shape index (κ1) is 21.5. The number of ether oxygens (including phenoxy) is 1. The average Bonchev–Trinajstić information content (AvgIpc) is 3.04. The molecule has 0 radical (unpaired) electrons. The van der Waals surface area contributed by atoms with Crippen molar-refractivity contribution in [3.63, 3.8) is 0 Å². The van der Waals surface area contributed by atoms with Gasteiger partial charge in [-0.2, -0.15) is 0 Å². The first-order valence-electron chi connectivity index (χ1n) is 9.63. The van der Waals surface area contributed by atoms with E-state index in [2.05, 4.69) is 27.6 Å². The summed E-state index contributed by atoms with van der Waals surface area (Å²) in [6, 6.07) is 13.7. The highest BCUT2D eigenvalue weighted by molar-refractivity contribution is 14.1. The molecule has 0 saturated carbocycles. The van der Waals surface area contributed by atoms with Gasteiger partial charge in [-0.15, -0.1) is 0 Å². The Morgan fingerprint density at radius 2 is 1.90 bits per heavy atom. The number of aromatic hydroxyl groups is 1. The molecule has 0 bridgehead atoms. The molecule has 8 heteroatoms. The van der Waals surface area contributed by atoms with Gasteiger partial charge < -0.3 is 9.84 Å². The highest BCUT2D eigenvalue weighted by Crippen LogP contribution is 2.31. The van der Waals surface area contributed by atoms with Crippen LogP contribution in [0.25, 0.3) is 6.08 Å². The number of carbonyl (C=O) groups is 1. The monoisotopic (exact) mass is 546 g/mol. The summed E-state index contributed by atoms with van der Waals surface area (Å²) >= 11 is 3.52. The Balaban J connectivity index is 1.94. The van der Waals surface area contributed by atoms with Crippen LogP contribution in [0.1, 0.15) is 31.0 Å². The number of allylic oxidation sites excluding steroid dienone is 1. The number of carbonyl (C=O) groups excluding carboxylic acids is 1. The van der Waals surface area contributed by atoms with E-state index in [1.807, 2.05) is 30.3 Å². The second-order valence-corrected chi connectivity index (χ2v) is 9.20. The van der Waals surface area contributed by atoms with E-state index in [0.717, 1.165) is 9.13 Å². The quantitative estimate of drug-likeness (QED) is 0.403. The van der Waals surface area contributed by atoms with Gasteiger partial charge in [-0.25, -0.2) is 9.79 Å². The zero-order valence-electron chi connectivity index (χ0n) is 16.8. The molecule has 0 aliphatic carbocycles. The molecule has 31 heavy (non-hydrogen) atoms. The van der Waals surface area contributed by atoms with Crippen molar-refractivity contribution in [2.75, 3.05) is 6.61 Å². The van der Waals surface area contributed by atoms with Gasteiger partial charge in [0.05, 0.1) is 28.5 Å². The van der Waals surface area contributed by atoms with Gasteiger partial charge in [0, 0.05) is 3.57 Å². The van der Waals surface area contributed by atoms with Crippen LogP contribution < -0.4 is 14.9 Å². The molecule has 1 aliphatic heterocycles. The van der Waals surface area contributed by atoms with Crippen LogP contribution in [0.5, 0.6) is 5.75 Å². The molecule has 0 unspecified atom stereocenters. The van der Waals surface area contributed by atoms with Gasteiger partial charge in [-0.05, 0) is 77.9 Å². The summed E-state index contributed by atoms with van der Waals surface area (Å²) < 4.78 is 8.44. The summed E-state index contributed by atoms with van der Waals surface area (Å²) in [6.45, 7) is 3.70. The fourth-order valence-corrected chi connectivity index (χ4v) is 4.88. The van der Waals surface area contributed by atoms with Crippen molar-refractivity contribution in [3.8, 4) is 5.75 Å². The maximum atomic E-state index is 13.4. The van der Waals surface area contributed by atoms with E-state index in [1.54, 1.807) is 26.0 Å². The lowest BCUT2D eigenvalue weighted by molar-refractivity contribution is -0.139. The molecule has 0 spiro atoms. The number of nitrogens with zero attached hydrogens (tertiary/aromatic N) is 2. The minimum absolute atomic E-state index is 0.105. The number of benzene rings is 2. The van der Waals surface area contributed by atoms with E-state index in [1.165, 1.54) is 28.0 Å². The first-order valence-corrected chi connectivity index (χ1v) is 11.5. The van der Waals surface area contributed by atoms with Gasteiger partial charge in [-0.3, -0.25) is 9.36 Å². The van der Waals surface area contributed by atoms with Crippen LogP contribution in [0.15, 0.2) is 69.6 Å². The number of aromatic nitrogens is 1. The lowest BCUT2D eigenvalue weighted by atomic mass is 9.96. The zero-order valence-corrected chi connectivity index (χ0v) is 19.8. The van der Waals surface area contributed by atoms with Crippen LogP contribution in [-0.4, -0.2) is 22.2 Å². The number of esters is 1. The van der Waals surface area contributed by atoms with Crippen molar-refractivity contribution in [1.29, 1.82) is 0 Å². The second kappa shape index (κ2) is 8.80. The minimum Gasteiger partial charge on any atom is -0.508 e. The molecule has 1 aromatic heterocycles. The summed E-state index contributed by atoms with van der Waals surface area (Å²) in [5, 5.41) is 9.71. The average molecular weight is 546 g/mol. The number of halogens is 1. The second-order valence-electron chi connectivity index (χ2n) is 6.95. The molecule has 1 aliphatic rings. The number of hydrogen-bond donors (Lipinski definition) is 1. The molecule has 0 fully saturated rings. The maximum absolute atomic E-state index is 13.4. The Bertz CT molecular complexity index is 1350.